The third kappa shape index (κ3) is 3.28. The van der Waals surface area contributed by atoms with Crippen molar-refractivity contribution in [2.75, 3.05) is 26.2 Å². The molecule has 3 heterocycles. The van der Waals surface area contributed by atoms with Crippen LogP contribution < -0.4 is 0 Å². The largest absolute Gasteiger partial charge is 0.361 e. The van der Waals surface area contributed by atoms with E-state index in [1.165, 1.54) is 5.56 Å². The molecule has 0 radical (unpaired) electrons. The van der Waals surface area contributed by atoms with Crippen LogP contribution in [0.4, 0.5) is 0 Å². The summed E-state index contributed by atoms with van der Waals surface area (Å²) >= 11 is 0. The molecule has 1 N–H and O–H groups in total. The molecular formula is C20H22N4O. The van der Waals surface area contributed by atoms with E-state index in [2.05, 4.69) is 21.8 Å². The van der Waals surface area contributed by atoms with E-state index in [9.17, 15) is 4.79 Å². The predicted octanol–water partition coefficient (Wildman–Crippen LogP) is 2.83. The number of benzene rings is 1. The summed E-state index contributed by atoms with van der Waals surface area (Å²) in [7, 11) is 0. The highest BCUT2D eigenvalue weighted by Gasteiger charge is 2.22. The van der Waals surface area contributed by atoms with Crippen molar-refractivity contribution in [3.05, 3.63) is 65.6 Å². The lowest BCUT2D eigenvalue weighted by Gasteiger charge is -2.34. The predicted molar refractivity (Wildman–Crippen MR) is 98.5 cm³/mol. The minimum absolute atomic E-state index is 0.125. The summed E-state index contributed by atoms with van der Waals surface area (Å²) in [4.78, 5) is 24.7. The molecule has 128 valence electrons. The summed E-state index contributed by atoms with van der Waals surface area (Å²) in [5.41, 5.74) is 4.10. The minimum Gasteiger partial charge on any atom is -0.361 e. The summed E-state index contributed by atoms with van der Waals surface area (Å²) in [6, 6.07) is 11.9. The molecule has 0 saturated carbocycles. The van der Waals surface area contributed by atoms with Crippen LogP contribution in [0.2, 0.25) is 0 Å². The Hall–Kier alpha value is -2.66. The second kappa shape index (κ2) is 6.69. The zero-order valence-electron chi connectivity index (χ0n) is 14.4. The number of nitrogens with zero attached hydrogens (tertiary/aromatic N) is 3. The van der Waals surface area contributed by atoms with Crippen molar-refractivity contribution in [2.45, 2.75) is 13.5 Å². The second-order valence-electron chi connectivity index (χ2n) is 6.62. The first-order chi connectivity index (χ1) is 12.2. The lowest BCUT2D eigenvalue weighted by molar-refractivity contribution is 0.0627. The Labute approximate surface area is 147 Å². The number of aromatic amines is 1. The molecule has 1 fully saturated rings. The standard InChI is InChI=1S/C20H22N4O/c1-15-13-22-19-6-5-16(12-18(15)19)20(25)24-10-8-23(9-11-24)14-17-4-2-3-7-21-17/h2-7,12-13,22H,8-11,14H2,1H3. The van der Waals surface area contributed by atoms with Gasteiger partial charge in [0.1, 0.15) is 0 Å². The van der Waals surface area contributed by atoms with Crippen LogP contribution in [0, 0.1) is 6.92 Å². The maximum absolute atomic E-state index is 12.8. The van der Waals surface area contributed by atoms with Crippen molar-refractivity contribution in [3.8, 4) is 0 Å². The fraction of sp³-hybridized carbons (Fsp3) is 0.300. The number of aromatic nitrogens is 2. The first kappa shape index (κ1) is 15.8. The molecule has 2 aromatic heterocycles. The van der Waals surface area contributed by atoms with Crippen LogP contribution in [0.1, 0.15) is 21.6 Å². The average Bonchev–Trinajstić information content (AvgIpc) is 3.03. The fourth-order valence-electron chi connectivity index (χ4n) is 3.41. The summed E-state index contributed by atoms with van der Waals surface area (Å²) in [6.07, 6.45) is 3.81. The number of fused-ring (bicyclic) bond motifs is 1. The number of carbonyl (C=O) groups excluding carboxylic acids is 1. The summed E-state index contributed by atoms with van der Waals surface area (Å²) in [5.74, 6) is 0.125. The van der Waals surface area contributed by atoms with E-state index in [-0.39, 0.29) is 5.91 Å². The number of aryl methyl sites for hydroxylation is 1. The molecule has 25 heavy (non-hydrogen) atoms. The zero-order valence-corrected chi connectivity index (χ0v) is 14.4. The van der Waals surface area contributed by atoms with Crippen molar-refractivity contribution in [1.82, 2.24) is 19.8 Å². The molecule has 0 atom stereocenters. The molecule has 0 bridgehead atoms. The number of pyridine rings is 1. The van der Waals surface area contributed by atoms with Crippen molar-refractivity contribution >= 4 is 16.8 Å². The summed E-state index contributed by atoms with van der Waals surface area (Å²) < 4.78 is 0. The van der Waals surface area contributed by atoms with E-state index >= 15 is 0 Å². The van der Waals surface area contributed by atoms with Gasteiger partial charge in [-0.25, -0.2) is 0 Å². The first-order valence-corrected chi connectivity index (χ1v) is 8.70. The number of amides is 1. The number of carbonyl (C=O) groups is 1. The van der Waals surface area contributed by atoms with Gasteiger partial charge in [-0.1, -0.05) is 6.07 Å². The van der Waals surface area contributed by atoms with Gasteiger partial charge in [-0.15, -0.1) is 0 Å². The Morgan fingerprint density at radius 1 is 1.16 bits per heavy atom. The normalized spacial score (nSPS) is 15.6. The van der Waals surface area contributed by atoms with Crippen LogP contribution in [-0.4, -0.2) is 51.9 Å². The van der Waals surface area contributed by atoms with Crippen molar-refractivity contribution in [2.24, 2.45) is 0 Å². The minimum atomic E-state index is 0.125. The molecule has 1 amide bonds. The maximum atomic E-state index is 12.8. The van der Waals surface area contributed by atoms with Gasteiger partial charge in [0, 0.05) is 61.6 Å². The van der Waals surface area contributed by atoms with Gasteiger partial charge in [-0.2, -0.15) is 0 Å². The molecule has 5 heteroatoms. The number of H-pyrrole nitrogens is 1. The molecule has 1 saturated heterocycles. The molecule has 1 aliphatic heterocycles. The van der Waals surface area contributed by atoms with E-state index in [0.717, 1.165) is 54.9 Å². The third-order valence-electron chi connectivity index (χ3n) is 4.91. The van der Waals surface area contributed by atoms with Crippen LogP contribution in [-0.2, 0) is 6.54 Å². The fourth-order valence-corrected chi connectivity index (χ4v) is 3.41. The van der Waals surface area contributed by atoms with E-state index < -0.39 is 0 Å². The van der Waals surface area contributed by atoms with Crippen molar-refractivity contribution in [1.29, 1.82) is 0 Å². The highest BCUT2D eigenvalue weighted by atomic mass is 16.2. The van der Waals surface area contributed by atoms with Gasteiger partial charge in [0.05, 0.1) is 5.69 Å². The van der Waals surface area contributed by atoms with Gasteiger partial charge in [0.15, 0.2) is 0 Å². The van der Waals surface area contributed by atoms with Crippen molar-refractivity contribution < 1.29 is 4.79 Å². The van der Waals surface area contributed by atoms with Gasteiger partial charge in [0.2, 0.25) is 0 Å². The molecule has 0 unspecified atom stereocenters. The molecule has 0 aliphatic carbocycles. The Balaban J connectivity index is 1.41. The van der Waals surface area contributed by atoms with Crippen LogP contribution in [0.15, 0.2) is 48.8 Å². The summed E-state index contributed by atoms with van der Waals surface area (Å²) in [6.45, 7) is 6.19. The maximum Gasteiger partial charge on any atom is 0.253 e. The van der Waals surface area contributed by atoms with Gasteiger partial charge in [-0.3, -0.25) is 14.7 Å². The smallest absolute Gasteiger partial charge is 0.253 e. The van der Waals surface area contributed by atoms with Crippen LogP contribution in [0.25, 0.3) is 10.9 Å². The SMILES string of the molecule is Cc1c[nH]c2ccc(C(=O)N3CCN(Cc4ccccn4)CC3)cc12. The topological polar surface area (TPSA) is 52.2 Å². The van der Waals surface area contributed by atoms with E-state index in [1.807, 2.05) is 53.7 Å². The first-order valence-electron chi connectivity index (χ1n) is 8.70. The average molecular weight is 334 g/mol. The highest BCUT2D eigenvalue weighted by molar-refractivity contribution is 5.98. The Morgan fingerprint density at radius 2 is 2.00 bits per heavy atom. The molecular weight excluding hydrogens is 312 g/mol. The van der Waals surface area contributed by atoms with Crippen LogP contribution in [0.5, 0.6) is 0 Å². The van der Waals surface area contributed by atoms with E-state index in [4.69, 9.17) is 0 Å². The third-order valence-corrected chi connectivity index (χ3v) is 4.91. The van der Waals surface area contributed by atoms with Gasteiger partial charge >= 0.3 is 0 Å². The number of hydrogen-bond donors (Lipinski definition) is 1. The zero-order chi connectivity index (χ0) is 17.2. The van der Waals surface area contributed by atoms with Gasteiger partial charge in [0.25, 0.3) is 5.91 Å². The van der Waals surface area contributed by atoms with E-state index in [0.29, 0.717) is 0 Å². The Morgan fingerprint density at radius 3 is 2.76 bits per heavy atom. The number of piperazine rings is 1. The highest BCUT2D eigenvalue weighted by Crippen LogP contribution is 2.20. The Bertz CT molecular complexity index is 879. The van der Waals surface area contributed by atoms with Gasteiger partial charge < -0.3 is 9.88 Å². The lowest BCUT2D eigenvalue weighted by atomic mass is 10.1. The number of nitrogens with one attached hydrogen (secondary N) is 1. The van der Waals surface area contributed by atoms with Crippen LogP contribution in [0.3, 0.4) is 0 Å². The van der Waals surface area contributed by atoms with Gasteiger partial charge in [-0.05, 0) is 42.8 Å². The van der Waals surface area contributed by atoms with Crippen LogP contribution >= 0.6 is 0 Å². The molecule has 4 rings (SSSR count). The van der Waals surface area contributed by atoms with E-state index in [1.54, 1.807) is 0 Å². The molecule has 0 spiro atoms. The number of hydrogen-bond acceptors (Lipinski definition) is 3. The quantitative estimate of drug-likeness (QED) is 0.801. The molecule has 5 nitrogen and oxygen atoms in total. The lowest BCUT2D eigenvalue weighted by Crippen LogP contribution is -2.48. The Kier molecular flexibility index (Phi) is 4.24. The molecule has 1 aliphatic rings. The van der Waals surface area contributed by atoms with Crippen molar-refractivity contribution in [3.63, 3.8) is 0 Å². The molecule has 3 aromatic rings. The monoisotopic (exact) mass is 334 g/mol. The molecule has 1 aromatic carbocycles. The second-order valence-corrected chi connectivity index (χ2v) is 6.62. The summed E-state index contributed by atoms with van der Waals surface area (Å²) in [5, 5.41) is 1.12. The number of rotatable bonds is 3.